The Balaban J connectivity index is 2.23. The lowest BCUT2D eigenvalue weighted by Gasteiger charge is -2.02. The normalized spacial score (nSPS) is 10.7. The van der Waals surface area contributed by atoms with E-state index in [0.717, 1.165) is 5.56 Å². The lowest BCUT2D eigenvalue weighted by molar-refractivity contribution is 0.617. The van der Waals surface area contributed by atoms with Crippen LogP contribution in [-0.2, 0) is 6.54 Å². The van der Waals surface area contributed by atoms with Crippen molar-refractivity contribution >= 4 is 33.3 Å². The summed E-state index contributed by atoms with van der Waals surface area (Å²) in [5.41, 5.74) is 6.42. The summed E-state index contributed by atoms with van der Waals surface area (Å²) in [6.45, 7) is 0.496. The maximum Gasteiger partial charge on any atom is 0.164 e. The average Bonchev–Trinajstić information content (AvgIpc) is 2.52. The van der Waals surface area contributed by atoms with E-state index in [0.29, 0.717) is 21.9 Å². The number of nitrogens with zero attached hydrogens (tertiary/aromatic N) is 2. The van der Waals surface area contributed by atoms with Gasteiger partial charge >= 0.3 is 0 Å². The standard InChI is InChI=1S/C10H8BrClFN3/c11-7-3-6(1-2-9(7)13)4-16-5-8(12)10(14)15-16/h1-3,5H,4H2,(H2,14,15). The average molecular weight is 305 g/mol. The van der Waals surface area contributed by atoms with Crippen LogP contribution in [0.3, 0.4) is 0 Å². The van der Waals surface area contributed by atoms with Crippen LogP contribution in [0.15, 0.2) is 28.9 Å². The maximum absolute atomic E-state index is 13.0. The molecule has 1 aromatic heterocycles. The highest BCUT2D eigenvalue weighted by Gasteiger charge is 2.05. The van der Waals surface area contributed by atoms with E-state index in [-0.39, 0.29) is 5.82 Å². The van der Waals surface area contributed by atoms with Crippen molar-refractivity contribution in [3.05, 3.63) is 45.3 Å². The molecular formula is C10H8BrClFN3. The smallest absolute Gasteiger partial charge is 0.164 e. The molecule has 0 fully saturated rings. The van der Waals surface area contributed by atoms with Crippen LogP contribution in [0.1, 0.15) is 5.56 Å². The van der Waals surface area contributed by atoms with Gasteiger partial charge in [-0.2, -0.15) is 5.10 Å². The molecule has 6 heteroatoms. The number of aromatic nitrogens is 2. The molecule has 2 N–H and O–H groups in total. The topological polar surface area (TPSA) is 43.8 Å². The lowest BCUT2D eigenvalue weighted by Crippen LogP contribution is -2.01. The Morgan fingerprint density at radius 3 is 2.81 bits per heavy atom. The number of hydrogen-bond acceptors (Lipinski definition) is 2. The minimum Gasteiger partial charge on any atom is -0.381 e. The third kappa shape index (κ3) is 2.36. The van der Waals surface area contributed by atoms with Crippen LogP contribution < -0.4 is 5.73 Å². The number of nitrogen functional groups attached to an aromatic ring is 1. The van der Waals surface area contributed by atoms with Crippen molar-refractivity contribution in [1.82, 2.24) is 9.78 Å². The number of anilines is 1. The van der Waals surface area contributed by atoms with Crippen LogP contribution in [0.5, 0.6) is 0 Å². The lowest BCUT2D eigenvalue weighted by atomic mass is 10.2. The number of nitrogens with two attached hydrogens (primary N) is 1. The van der Waals surface area contributed by atoms with E-state index in [9.17, 15) is 4.39 Å². The highest BCUT2D eigenvalue weighted by molar-refractivity contribution is 9.10. The zero-order valence-corrected chi connectivity index (χ0v) is 10.5. The van der Waals surface area contributed by atoms with E-state index >= 15 is 0 Å². The Morgan fingerprint density at radius 1 is 1.50 bits per heavy atom. The van der Waals surface area contributed by atoms with Gasteiger partial charge in [0, 0.05) is 6.20 Å². The van der Waals surface area contributed by atoms with Gasteiger partial charge < -0.3 is 5.73 Å². The Hall–Kier alpha value is -1.07. The van der Waals surface area contributed by atoms with Gasteiger partial charge in [0.2, 0.25) is 0 Å². The molecule has 84 valence electrons. The van der Waals surface area contributed by atoms with Gasteiger partial charge in [0.15, 0.2) is 5.82 Å². The van der Waals surface area contributed by atoms with Crippen molar-refractivity contribution in [2.75, 3.05) is 5.73 Å². The van der Waals surface area contributed by atoms with Gasteiger partial charge in [0.25, 0.3) is 0 Å². The number of halogens is 3. The van der Waals surface area contributed by atoms with Crippen LogP contribution in [0.4, 0.5) is 10.2 Å². The minimum atomic E-state index is -0.290. The molecule has 0 bridgehead atoms. The molecule has 1 heterocycles. The summed E-state index contributed by atoms with van der Waals surface area (Å²) in [5, 5.41) is 4.43. The van der Waals surface area contributed by atoms with Crippen molar-refractivity contribution < 1.29 is 4.39 Å². The first-order valence-corrected chi connectivity index (χ1v) is 5.65. The molecule has 0 atom stereocenters. The Morgan fingerprint density at radius 2 is 2.25 bits per heavy atom. The molecule has 3 nitrogen and oxygen atoms in total. The molecule has 2 aromatic rings. The summed E-state index contributed by atoms with van der Waals surface area (Å²) in [5.74, 6) is 0.00426. The molecule has 0 saturated carbocycles. The van der Waals surface area contributed by atoms with Gasteiger partial charge in [-0.25, -0.2) is 4.39 Å². The molecule has 16 heavy (non-hydrogen) atoms. The van der Waals surface area contributed by atoms with E-state index in [1.807, 2.05) is 0 Å². The molecule has 0 aliphatic heterocycles. The molecule has 0 aliphatic rings. The third-order valence-corrected chi connectivity index (χ3v) is 2.97. The van der Waals surface area contributed by atoms with Crippen molar-refractivity contribution in [2.24, 2.45) is 0 Å². The molecule has 1 aromatic carbocycles. The van der Waals surface area contributed by atoms with Crippen molar-refractivity contribution in [2.45, 2.75) is 6.54 Å². The van der Waals surface area contributed by atoms with Crippen molar-refractivity contribution in [3.8, 4) is 0 Å². The predicted molar refractivity (Wildman–Crippen MR) is 64.9 cm³/mol. The fourth-order valence-corrected chi connectivity index (χ4v) is 1.89. The Labute approximate surface area is 105 Å². The van der Waals surface area contributed by atoms with Gasteiger partial charge in [-0.3, -0.25) is 4.68 Å². The van der Waals surface area contributed by atoms with E-state index in [1.165, 1.54) is 6.07 Å². The fourth-order valence-electron chi connectivity index (χ4n) is 1.32. The molecule has 0 unspecified atom stereocenters. The highest BCUT2D eigenvalue weighted by atomic mass is 79.9. The van der Waals surface area contributed by atoms with Gasteiger partial charge in [-0.05, 0) is 33.6 Å². The third-order valence-electron chi connectivity index (χ3n) is 2.07. The largest absolute Gasteiger partial charge is 0.381 e. The molecular weight excluding hydrogens is 296 g/mol. The minimum absolute atomic E-state index is 0.290. The highest BCUT2D eigenvalue weighted by Crippen LogP contribution is 2.19. The second kappa shape index (κ2) is 4.43. The summed E-state index contributed by atoms with van der Waals surface area (Å²) < 4.78 is 15.0. The summed E-state index contributed by atoms with van der Waals surface area (Å²) >= 11 is 8.90. The Kier molecular flexibility index (Phi) is 3.16. The predicted octanol–water partition coefficient (Wildman–Crippen LogP) is 3.07. The quantitative estimate of drug-likeness (QED) is 0.926. The Bertz CT molecular complexity index is 507. The van der Waals surface area contributed by atoms with Crippen molar-refractivity contribution in [3.63, 3.8) is 0 Å². The summed E-state index contributed by atoms with van der Waals surface area (Å²) in [6.07, 6.45) is 1.63. The SMILES string of the molecule is Nc1nn(Cc2ccc(F)c(Br)c2)cc1Cl. The molecule has 0 amide bonds. The molecule has 2 rings (SSSR count). The van der Waals surface area contributed by atoms with Crippen LogP contribution in [-0.4, -0.2) is 9.78 Å². The zero-order chi connectivity index (χ0) is 11.7. The van der Waals surface area contributed by atoms with Crippen molar-refractivity contribution in [1.29, 1.82) is 0 Å². The van der Waals surface area contributed by atoms with Gasteiger partial charge in [0.1, 0.15) is 10.8 Å². The molecule has 0 spiro atoms. The van der Waals surface area contributed by atoms with Gasteiger partial charge in [0.05, 0.1) is 11.0 Å². The number of benzene rings is 1. The molecule has 0 saturated heterocycles. The van der Waals surface area contributed by atoms with Gasteiger partial charge in [-0.15, -0.1) is 0 Å². The van der Waals surface area contributed by atoms with Crippen LogP contribution in [0.25, 0.3) is 0 Å². The maximum atomic E-state index is 13.0. The fraction of sp³-hybridized carbons (Fsp3) is 0.100. The second-order valence-corrected chi connectivity index (χ2v) is 4.57. The number of hydrogen-bond donors (Lipinski definition) is 1. The van der Waals surface area contributed by atoms with Crippen LogP contribution in [0.2, 0.25) is 5.02 Å². The van der Waals surface area contributed by atoms with E-state index in [2.05, 4.69) is 21.0 Å². The van der Waals surface area contributed by atoms with E-state index < -0.39 is 0 Å². The first-order valence-electron chi connectivity index (χ1n) is 4.48. The summed E-state index contributed by atoms with van der Waals surface area (Å²) in [6, 6.07) is 4.78. The van der Waals surface area contributed by atoms with E-state index in [4.69, 9.17) is 17.3 Å². The second-order valence-electron chi connectivity index (χ2n) is 3.31. The monoisotopic (exact) mass is 303 g/mol. The molecule has 0 radical (unpaired) electrons. The first-order chi connectivity index (χ1) is 7.56. The van der Waals surface area contributed by atoms with Crippen LogP contribution >= 0.6 is 27.5 Å². The number of rotatable bonds is 2. The summed E-state index contributed by atoms with van der Waals surface area (Å²) in [4.78, 5) is 0. The van der Waals surface area contributed by atoms with Crippen LogP contribution in [0, 0.1) is 5.82 Å². The van der Waals surface area contributed by atoms with Gasteiger partial charge in [-0.1, -0.05) is 17.7 Å². The van der Waals surface area contributed by atoms with E-state index in [1.54, 1.807) is 23.0 Å². The zero-order valence-electron chi connectivity index (χ0n) is 8.12. The first kappa shape index (κ1) is 11.4. The molecule has 0 aliphatic carbocycles. The summed E-state index contributed by atoms with van der Waals surface area (Å²) in [7, 11) is 0.